The van der Waals surface area contributed by atoms with Gasteiger partial charge in [-0.1, -0.05) is 26.5 Å². The molecule has 0 aromatic rings. The summed E-state index contributed by atoms with van der Waals surface area (Å²) in [5, 5.41) is 0. The van der Waals surface area contributed by atoms with Crippen LogP contribution in [0.1, 0.15) is 46.5 Å². The predicted octanol–water partition coefficient (Wildman–Crippen LogP) is 2.84. The predicted molar refractivity (Wildman–Crippen MR) is 105 cm³/mol. The summed E-state index contributed by atoms with van der Waals surface area (Å²) in [6, 6.07) is 0. The highest BCUT2D eigenvalue weighted by Gasteiger charge is 2.44. The molecule has 1 fully saturated rings. The van der Waals surface area contributed by atoms with E-state index >= 15 is 0 Å². The Kier molecular flexibility index (Phi) is 7.93. The topological polar surface area (TPSA) is 96.0 Å². The molecule has 0 N–H and O–H groups in total. The van der Waals surface area contributed by atoms with Crippen LogP contribution in [-0.2, 0) is 33.4 Å². The summed E-state index contributed by atoms with van der Waals surface area (Å²) in [5.74, 6) is -1.89. The monoisotopic (exact) mass is 404 g/mol. The second-order valence-electron chi connectivity index (χ2n) is 7.79. The standard InChI is InChI=1S/C22H28O7/c1-13(2)8-20(25)28-18-9-16(11-23)6-5-7-17(12-27-15(4)24)10-19-21(18)14(3)22(26)29-19/h6,10-11,13,18-19,21H,3,5,7-9,12H2,1-2,4H3/b16-6?,17-10-/t18-,19+,21-/m0/s1. The summed E-state index contributed by atoms with van der Waals surface area (Å²) >= 11 is 0. The lowest BCUT2D eigenvalue weighted by molar-refractivity contribution is -0.153. The molecule has 1 saturated heterocycles. The largest absolute Gasteiger partial charge is 0.461 e. The third-order valence-electron chi connectivity index (χ3n) is 4.84. The minimum atomic E-state index is -0.758. The first kappa shape index (κ1) is 22.6. The van der Waals surface area contributed by atoms with E-state index in [1.54, 1.807) is 12.2 Å². The maximum atomic E-state index is 12.3. The van der Waals surface area contributed by atoms with Crippen LogP contribution >= 0.6 is 0 Å². The van der Waals surface area contributed by atoms with E-state index in [4.69, 9.17) is 14.2 Å². The summed E-state index contributed by atoms with van der Waals surface area (Å²) in [6.45, 7) is 9.01. The van der Waals surface area contributed by atoms with Gasteiger partial charge in [-0.2, -0.15) is 0 Å². The second-order valence-corrected chi connectivity index (χ2v) is 7.79. The van der Waals surface area contributed by atoms with Crippen LogP contribution in [0.2, 0.25) is 0 Å². The van der Waals surface area contributed by atoms with Crippen LogP contribution in [0.5, 0.6) is 0 Å². The van der Waals surface area contributed by atoms with Crippen LogP contribution in [0.15, 0.2) is 35.5 Å². The Balaban J connectivity index is 2.38. The molecule has 0 unspecified atom stereocenters. The molecule has 0 aromatic carbocycles. The molecule has 2 rings (SSSR count). The third kappa shape index (κ3) is 6.41. The smallest absolute Gasteiger partial charge is 0.334 e. The van der Waals surface area contributed by atoms with Crippen molar-refractivity contribution in [2.45, 2.75) is 58.7 Å². The fourth-order valence-corrected chi connectivity index (χ4v) is 3.46. The van der Waals surface area contributed by atoms with E-state index in [2.05, 4.69) is 6.58 Å². The molecule has 1 aliphatic carbocycles. The highest BCUT2D eigenvalue weighted by atomic mass is 16.6. The van der Waals surface area contributed by atoms with Crippen molar-refractivity contribution in [1.82, 2.24) is 0 Å². The molecule has 1 aliphatic heterocycles. The second kappa shape index (κ2) is 10.2. The van der Waals surface area contributed by atoms with Crippen LogP contribution in [-0.4, -0.2) is 43.0 Å². The number of hydrogen-bond acceptors (Lipinski definition) is 7. The lowest BCUT2D eigenvalue weighted by atomic mass is 9.85. The molecule has 0 spiro atoms. The Morgan fingerprint density at radius 3 is 2.72 bits per heavy atom. The number of ether oxygens (including phenoxy) is 3. The van der Waals surface area contributed by atoms with Crippen LogP contribution < -0.4 is 0 Å². The van der Waals surface area contributed by atoms with E-state index in [-0.39, 0.29) is 30.9 Å². The number of carbonyl (C=O) groups is 4. The zero-order valence-electron chi connectivity index (χ0n) is 17.1. The van der Waals surface area contributed by atoms with E-state index in [1.165, 1.54) is 6.92 Å². The maximum absolute atomic E-state index is 12.3. The van der Waals surface area contributed by atoms with Crippen LogP contribution in [0.4, 0.5) is 0 Å². The van der Waals surface area contributed by atoms with Crippen molar-refractivity contribution in [2.24, 2.45) is 11.8 Å². The van der Waals surface area contributed by atoms with Gasteiger partial charge in [0.25, 0.3) is 0 Å². The zero-order chi connectivity index (χ0) is 21.6. The third-order valence-corrected chi connectivity index (χ3v) is 4.84. The maximum Gasteiger partial charge on any atom is 0.334 e. The van der Waals surface area contributed by atoms with Gasteiger partial charge in [0.05, 0.1) is 5.92 Å². The zero-order valence-corrected chi connectivity index (χ0v) is 17.1. The number of allylic oxidation sites excluding steroid dienone is 1. The summed E-state index contributed by atoms with van der Waals surface area (Å²) in [5.41, 5.74) is 1.44. The Labute approximate surface area is 170 Å². The van der Waals surface area contributed by atoms with Gasteiger partial charge in [-0.25, -0.2) is 4.79 Å². The molecular formula is C22H28O7. The summed E-state index contributed by atoms with van der Waals surface area (Å²) < 4.78 is 16.2. The summed E-state index contributed by atoms with van der Waals surface area (Å²) in [6.07, 6.45) is 4.27. The molecule has 3 atom stereocenters. The van der Waals surface area contributed by atoms with Crippen LogP contribution in [0, 0.1) is 11.8 Å². The van der Waals surface area contributed by atoms with Gasteiger partial charge < -0.3 is 14.2 Å². The average Bonchev–Trinajstić information content (AvgIpc) is 2.90. The number of fused-ring (bicyclic) bond motifs is 1. The van der Waals surface area contributed by atoms with E-state index in [1.807, 2.05) is 13.8 Å². The fraction of sp³-hybridized carbons (Fsp3) is 0.545. The average molecular weight is 404 g/mol. The molecule has 0 bridgehead atoms. The first-order chi connectivity index (χ1) is 13.7. The summed E-state index contributed by atoms with van der Waals surface area (Å²) in [7, 11) is 0. The highest BCUT2D eigenvalue weighted by Crippen LogP contribution is 2.36. The first-order valence-corrected chi connectivity index (χ1v) is 9.77. The molecule has 1 heterocycles. The van der Waals surface area contributed by atoms with Gasteiger partial charge in [0.1, 0.15) is 25.1 Å². The number of esters is 3. The molecule has 7 nitrogen and oxygen atoms in total. The summed E-state index contributed by atoms with van der Waals surface area (Å²) in [4.78, 5) is 47.3. The van der Waals surface area contributed by atoms with Crippen molar-refractivity contribution >= 4 is 24.2 Å². The van der Waals surface area contributed by atoms with Crippen molar-refractivity contribution in [1.29, 1.82) is 0 Å². The van der Waals surface area contributed by atoms with Crippen molar-refractivity contribution in [3.8, 4) is 0 Å². The number of aldehydes is 1. The Morgan fingerprint density at radius 2 is 2.10 bits per heavy atom. The van der Waals surface area contributed by atoms with E-state index < -0.39 is 36.0 Å². The van der Waals surface area contributed by atoms with Gasteiger partial charge in [0.2, 0.25) is 0 Å². The number of carbonyl (C=O) groups excluding carboxylic acids is 4. The Morgan fingerprint density at radius 1 is 1.38 bits per heavy atom. The van der Waals surface area contributed by atoms with E-state index in [0.29, 0.717) is 18.4 Å². The van der Waals surface area contributed by atoms with Gasteiger partial charge in [-0.15, -0.1) is 0 Å². The molecule has 0 amide bonds. The van der Waals surface area contributed by atoms with Gasteiger partial charge in [0, 0.05) is 25.3 Å². The van der Waals surface area contributed by atoms with Crippen molar-refractivity contribution in [3.63, 3.8) is 0 Å². The molecule has 158 valence electrons. The Hall–Kier alpha value is -2.70. The van der Waals surface area contributed by atoms with E-state index in [0.717, 1.165) is 11.9 Å². The highest BCUT2D eigenvalue weighted by molar-refractivity contribution is 5.91. The fourth-order valence-electron chi connectivity index (χ4n) is 3.46. The molecule has 0 saturated carbocycles. The minimum absolute atomic E-state index is 0.0602. The number of hydrogen-bond donors (Lipinski definition) is 0. The van der Waals surface area contributed by atoms with Crippen LogP contribution in [0.3, 0.4) is 0 Å². The first-order valence-electron chi connectivity index (χ1n) is 9.77. The molecule has 2 aliphatic rings. The molecule has 0 radical (unpaired) electrons. The van der Waals surface area contributed by atoms with Crippen molar-refractivity contribution < 1.29 is 33.4 Å². The lowest BCUT2D eigenvalue weighted by Crippen LogP contribution is -2.34. The van der Waals surface area contributed by atoms with Crippen molar-refractivity contribution in [3.05, 3.63) is 35.5 Å². The normalized spacial score (nSPS) is 26.6. The molecule has 7 heteroatoms. The van der Waals surface area contributed by atoms with E-state index in [9.17, 15) is 19.2 Å². The van der Waals surface area contributed by atoms with Gasteiger partial charge in [-0.05, 0) is 36.0 Å². The molecular weight excluding hydrogens is 376 g/mol. The quantitative estimate of drug-likeness (QED) is 0.221. The van der Waals surface area contributed by atoms with Crippen molar-refractivity contribution in [2.75, 3.05) is 6.61 Å². The van der Waals surface area contributed by atoms with Crippen LogP contribution in [0.25, 0.3) is 0 Å². The minimum Gasteiger partial charge on any atom is -0.461 e. The SMILES string of the molecule is C=C1C(=O)O[C@@H]2/C=C(\COC(C)=O)CCC=C(C=O)C[C@H](OC(=O)CC(C)C)[C@H]12. The molecule has 29 heavy (non-hydrogen) atoms. The number of rotatable bonds is 6. The molecule has 0 aromatic heterocycles. The lowest BCUT2D eigenvalue weighted by Gasteiger charge is -2.27. The van der Waals surface area contributed by atoms with Gasteiger partial charge in [-0.3, -0.25) is 14.4 Å². The Bertz CT molecular complexity index is 744. The van der Waals surface area contributed by atoms with Gasteiger partial charge >= 0.3 is 17.9 Å². The van der Waals surface area contributed by atoms with Gasteiger partial charge in [0.15, 0.2) is 0 Å².